The molecule has 0 aliphatic heterocycles. The monoisotopic (exact) mass is 288 g/mol. The van der Waals surface area contributed by atoms with E-state index < -0.39 is 0 Å². The Balaban J connectivity index is 2.26. The predicted molar refractivity (Wildman–Crippen MR) is 81.6 cm³/mol. The Bertz CT molecular complexity index is 250. The summed E-state index contributed by atoms with van der Waals surface area (Å²) < 4.78 is 0. The molecule has 0 radical (unpaired) electrons. The molecule has 2 amide bonds. The van der Waals surface area contributed by atoms with Crippen molar-refractivity contribution in [2.75, 3.05) is 18.6 Å². The molecule has 0 aromatic carbocycles. The van der Waals surface area contributed by atoms with Crippen LogP contribution in [-0.4, -0.2) is 41.8 Å². The normalized spacial score (nSPS) is 24.8. The van der Waals surface area contributed by atoms with Gasteiger partial charge >= 0.3 is 6.03 Å². The lowest BCUT2D eigenvalue weighted by atomic mass is 9.85. The number of urea groups is 1. The third kappa shape index (κ3) is 6.52. The van der Waals surface area contributed by atoms with Crippen LogP contribution in [-0.2, 0) is 0 Å². The molecule has 1 rings (SSSR count). The van der Waals surface area contributed by atoms with Crippen LogP contribution in [0.25, 0.3) is 0 Å². The van der Waals surface area contributed by atoms with E-state index in [1.54, 1.807) is 11.8 Å². The molecule has 112 valence electrons. The Morgan fingerprint density at radius 1 is 1.37 bits per heavy atom. The van der Waals surface area contributed by atoms with Gasteiger partial charge in [0.25, 0.3) is 0 Å². The van der Waals surface area contributed by atoms with Crippen molar-refractivity contribution in [3.05, 3.63) is 0 Å². The molecule has 3 N–H and O–H groups in total. The van der Waals surface area contributed by atoms with Crippen molar-refractivity contribution >= 4 is 17.8 Å². The van der Waals surface area contributed by atoms with Crippen molar-refractivity contribution in [3.8, 4) is 0 Å². The quantitative estimate of drug-likeness (QED) is 0.674. The lowest BCUT2D eigenvalue weighted by molar-refractivity contribution is 0.219. The van der Waals surface area contributed by atoms with E-state index in [4.69, 9.17) is 5.11 Å². The SMILES string of the molecule is CCC1CCC(NC(=O)NC(CCO)CSC)CC1. The van der Waals surface area contributed by atoms with Gasteiger partial charge in [-0.25, -0.2) is 4.79 Å². The van der Waals surface area contributed by atoms with Crippen LogP contribution >= 0.6 is 11.8 Å². The van der Waals surface area contributed by atoms with Crippen LogP contribution in [0.2, 0.25) is 0 Å². The highest BCUT2D eigenvalue weighted by molar-refractivity contribution is 7.98. The first-order valence-electron chi connectivity index (χ1n) is 7.36. The number of aliphatic hydroxyl groups excluding tert-OH is 1. The first kappa shape index (κ1) is 16.6. The van der Waals surface area contributed by atoms with Crippen molar-refractivity contribution in [1.29, 1.82) is 0 Å². The highest BCUT2D eigenvalue weighted by Gasteiger charge is 2.22. The first-order valence-corrected chi connectivity index (χ1v) is 8.75. The fourth-order valence-electron chi connectivity index (χ4n) is 2.68. The Morgan fingerprint density at radius 2 is 2.05 bits per heavy atom. The molecule has 0 heterocycles. The third-order valence-corrected chi connectivity index (χ3v) is 4.68. The minimum atomic E-state index is -0.0764. The molecule has 0 spiro atoms. The summed E-state index contributed by atoms with van der Waals surface area (Å²) >= 11 is 1.69. The van der Waals surface area contributed by atoms with Gasteiger partial charge in [-0.05, 0) is 44.3 Å². The summed E-state index contributed by atoms with van der Waals surface area (Å²) in [4.78, 5) is 11.9. The van der Waals surface area contributed by atoms with E-state index in [-0.39, 0.29) is 18.7 Å². The summed E-state index contributed by atoms with van der Waals surface area (Å²) in [7, 11) is 0. The summed E-state index contributed by atoms with van der Waals surface area (Å²) in [6.07, 6.45) is 8.54. The number of rotatable bonds is 7. The zero-order valence-corrected chi connectivity index (χ0v) is 13.0. The maximum absolute atomic E-state index is 11.9. The number of hydrogen-bond acceptors (Lipinski definition) is 3. The van der Waals surface area contributed by atoms with Crippen molar-refractivity contribution in [3.63, 3.8) is 0 Å². The molecule has 19 heavy (non-hydrogen) atoms. The van der Waals surface area contributed by atoms with Gasteiger partial charge in [-0.3, -0.25) is 0 Å². The first-order chi connectivity index (χ1) is 9.19. The van der Waals surface area contributed by atoms with Gasteiger partial charge in [-0.15, -0.1) is 0 Å². The highest BCUT2D eigenvalue weighted by Crippen LogP contribution is 2.26. The van der Waals surface area contributed by atoms with Crippen molar-refractivity contribution in [2.45, 2.75) is 57.5 Å². The molecule has 1 aliphatic carbocycles. The maximum Gasteiger partial charge on any atom is 0.315 e. The third-order valence-electron chi connectivity index (χ3n) is 3.94. The smallest absolute Gasteiger partial charge is 0.315 e. The van der Waals surface area contributed by atoms with Crippen LogP contribution in [0.1, 0.15) is 45.4 Å². The largest absolute Gasteiger partial charge is 0.396 e. The van der Waals surface area contributed by atoms with Crippen LogP contribution < -0.4 is 10.6 Å². The van der Waals surface area contributed by atoms with E-state index >= 15 is 0 Å². The lowest BCUT2D eigenvalue weighted by Gasteiger charge is -2.29. The van der Waals surface area contributed by atoms with Gasteiger partial charge in [-0.1, -0.05) is 13.3 Å². The molecular weight excluding hydrogens is 260 g/mol. The number of carbonyl (C=O) groups is 1. The van der Waals surface area contributed by atoms with Crippen LogP contribution in [0.5, 0.6) is 0 Å². The molecule has 1 atom stereocenters. The Labute approximate surface area is 121 Å². The minimum Gasteiger partial charge on any atom is -0.396 e. The lowest BCUT2D eigenvalue weighted by Crippen LogP contribution is -2.48. The van der Waals surface area contributed by atoms with E-state index in [2.05, 4.69) is 17.6 Å². The molecule has 1 aliphatic rings. The molecular formula is C14H28N2O2S. The zero-order valence-electron chi connectivity index (χ0n) is 12.2. The summed E-state index contributed by atoms with van der Waals surface area (Å²) in [5.41, 5.74) is 0. The second kappa shape index (κ2) is 9.48. The van der Waals surface area contributed by atoms with Gasteiger partial charge < -0.3 is 15.7 Å². The van der Waals surface area contributed by atoms with Crippen LogP contribution in [0, 0.1) is 5.92 Å². The number of nitrogens with one attached hydrogen (secondary N) is 2. The van der Waals surface area contributed by atoms with E-state index in [0.717, 1.165) is 24.5 Å². The number of thioether (sulfide) groups is 1. The van der Waals surface area contributed by atoms with Gasteiger partial charge in [0.1, 0.15) is 0 Å². The van der Waals surface area contributed by atoms with Gasteiger partial charge in [0.15, 0.2) is 0 Å². The molecule has 4 nitrogen and oxygen atoms in total. The van der Waals surface area contributed by atoms with E-state index in [1.807, 2.05) is 6.26 Å². The van der Waals surface area contributed by atoms with E-state index in [9.17, 15) is 4.79 Å². The number of hydrogen-bond donors (Lipinski definition) is 3. The molecule has 0 bridgehead atoms. The van der Waals surface area contributed by atoms with Gasteiger partial charge in [-0.2, -0.15) is 11.8 Å². The number of carbonyl (C=O) groups excluding carboxylic acids is 1. The molecule has 1 saturated carbocycles. The van der Waals surface area contributed by atoms with Crippen LogP contribution in [0.3, 0.4) is 0 Å². The highest BCUT2D eigenvalue weighted by atomic mass is 32.2. The van der Waals surface area contributed by atoms with Crippen molar-refractivity contribution < 1.29 is 9.90 Å². The van der Waals surface area contributed by atoms with E-state index in [1.165, 1.54) is 19.3 Å². The summed E-state index contributed by atoms with van der Waals surface area (Å²) in [6, 6.07) is 0.311. The van der Waals surface area contributed by atoms with E-state index in [0.29, 0.717) is 12.5 Å². The van der Waals surface area contributed by atoms with Gasteiger partial charge in [0, 0.05) is 24.4 Å². The second-order valence-electron chi connectivity index (χ2n) is 5.41. The average Bonchev–Trinajstić information content (AvgIpc) is 2.40. The van der Waals surface area contributed by atoms with Crippen LogP contribution in [0.4, 0.5) is 4.79 Å². The Morgan fingerprint density at radius 3 is 2.58 bits per heavy atom. The number of aliphatic hydroxyl groups is 1. The Kier molecular flexibility index (Phi) is 8.30. The molecule has 0 saturated heterocycles. The standard InChI is InChI=1S/C14H28N2O2S/c1-3-11-4-6-12(7-5-11)15-14(18)16-13(8-9-17)10-19-2/h11-13,17H,3-10H2,1-2H3,(H2,15,16,18). The second-order valence-corrected chi connectivity index (χ2v) is 6.32. The van der Waals surface area contributed by atoms with Gasteiger partial charge in [0.2, 0.25) is 0 Å². The average molecular weight is 288 g/mol. The minimum absolute atomic E-state index is 0.0620. The fourth-order valence-corrected chi connectivity index (χ4v) is 3.33. The Hall–Kier alpha value is -0.420. The summed E-state index contributed by atoms with van der Waals surface area (Å²) in [5, 5.41) is 15.0. The predicted octanol–water partition coefficient (Wildman–Crippen LogP) is 2.37. The van der Waals surface area contributed by atoms with Gasteiger partial charge in [0.05, 0.1) is 0 Å². The maximum atomic E-state index is 11.9. The molecule has 0 aromatic rings. The fraction of sp³-hybridized carbons (Fsp3) is 0.929. The zero-order chi connectivity index (χ0) is 14.1. The topological polar surface area (TPSA) is 61.4 Å². The molecule has 0 aromatic heterocycles. The molecule has 1 fully saturated rings. The summed E-state index contributed by atoms with van der Waals surface area (Å²) in [6.45, 7) is 2.36. The molecule has 5 heteroatoms. The summed E-state index contributed by atoms with van der Waals surface area (Å²) in [5.74, 6) is 1.69. The number of amides is 2. The van der Waals surface area contributed by atoms with Crippen molar-refractivity contribution in [1.82, 2.24) is 10.6 Å². The molecule has 1 unspecified atom stereocenters. The van der Waals surface area contributed by atoms with Crippen LogP contribution in [0.15, 0.2) is 0 Å². The van der Waals surface area contributed by atoms with Crippen molar-refractivity contribution in [2.24, 2.45) is 5.92 Å².